The van der Waals surface area contributed by atoms with Crippen molar-refractivity contribution in [3.05, 3.63) is 65.2 Å². The highest BCUT2D eigenvalue weighted by atomic mass is 16.5. The number of aryl methyl sites for hydroxylation is 1. The summed E-state index contributed by atoms with van der Waals surface area (Å²) >= 11 is 0. The van der Waals surface area contributed by atoms with Gasteiger partial charge < -0.3 is 10.1 Å². The van der Waals surface area contributed by atoms with Crippen LogP contribution in [0.25, 0.3) is 0 Å². The zero-order valence-corrected chi connectivity index (χ0v) is 16.2. The maximum Gasteiger partial charge on any atom is 0.119 e. The van der Waals surface area contributed by atoms with Crippen molar-refractivity contribution in [3.63, 3.8) is 0 Å². The standard InChI is InChI=1S/C24H30N2O/c1-27-21-10-8-18-7-9-20(11-19(18)12-21)25-13-22-23-15-26(16-24(22)23)14-17-5-3-2-4-6-17/h2-6,8,10,12,20,22-25H,7,9,11,13-16H2,1H3/t20?,22?,23-,24+. The normalized spacial score (nSPS) is 29.2. The number of ether oxygens (including phenoxy) is 1. The Morgan fingerprint density at radius 1 is 1.04 bits per heavy atom. The van der Waals surface area contributed by atoms with Crippen molar-refractivity contribution in [2.75, 3.05) is 26.7 Å². The van der Waals surface area contributed by atoms with E-state index < -0.39 is 0 Å². The topological polar surface area (TPSA) is 24.5 Å². The second-order valence-electron chi connectivity index (χ2n) is 8.65. The van der Waals surface area contributed by atoms with Gasteiger partial charge in [0.25, 0.3) is 0 Å². The van der Waals surface area contributed by atoms with E-state index >= 15 is 0 Å². The summed E-state index contributed by atoms with van der Waals surface area (Å²) in [5.41, 5.74) is 4.43. The van der Waals surface area contributed by atoms with Gasteiger partial charge >= 0.3 is 0 Å². The van der Waals surface area contributed by atoms with Crippen LogP contribution >= 0.6 is 0 Å². The van der Waals surface area contributed by atoms with E-state index in [0.717, 1.165) is 36.5 Å². The predicted octanol–water partition coefficient (Wildman–Crippen LogP) is 3.52. The van der Waals surface area contributed by atoms with Gasteiger partial charge in [0.15, 0.2) is 0 Å². The number of likely N-dealkylation sites (tertiary alicyclic amines) is 1. The fourth-order valence-electron chi connectivity index (χ4n) is 5.35. The van der Waals surface area contributed by atoms with Crippen LogP contribution in [0.3, 0.4) is 0 Å². The van der Waals surface area contributed by atoms with Gasteiger partial charge in [0.1, 0.15) is 5.75 Å². The monoisotopic (exact) mass is 362 g/mol. The van der Waals surface area contributed by atoms with Crippen molar-refractivity contribution in [1.82, 2.24) is 10.2 Å². The van der Waals surface area contributed by atoms with Crippen LogP contribution in [-0.4, -0.2) is 37.7 Å². The SMILES string of the molecule is COc1ccc2c(c1)CC(NCC1[C@H]3CN(Cc4ccccc4)C[C@@H]13)CC2. The maximum absolute atomic E-state index is 5.40. The lowest BCUT2D eigenvalue weighted by Gasteiger charge is -2.27. The van der Waals surface area contributed by atoms with Gasteiger partial charge in [-0.05, 0) is 72.4 Å². The van der Waals surface area contributed by atoms with Gasteiger partial charge in [0, 0.05) is 25.7 Å². The van der Waals surface area contributed by atoms with Gasteiger partial charge in [-0.1, -0.05) is 36.4 Å². The first-order valence-electron chi connectivity index (χ1n) is 10.5. The molecule has 0 aromatic heterocycles. The second kappa shape index (κ2) is 7.29. The lowest BCUT2D eigenvalue weighted by atomic mass is 9.88. The van der Waals surface area contributed by atoms with Gasteiger partial charge in [0.05, 0.1) is 7.11 Å². The maximum atomic E-state index is 5.40. The Balaban J connectivity index is 1.09. The van der Waals surface area contributed by atoms with E-state index in [1.807, 2.05) is 0 Å². The molecule has 1 heterocycles. The summed E-state index contributed by atoms with van der Waals surface area (Å²) in [4.78, 5) is 2.64. The zero-order valence-electron chi connectivity index (χ0n) is 16.2. The summed E-state index contributed by atoms with van der Waals surface area (Å²) in [6.07, 6.45) is 3.61. The molecule has 1 saturated heterocycles. The number of nitrogens with zero attached hydrogens (tertiary/aromatic N) is 1. The van der Waals surface area contributed by atoms with Gasteiger partial charge in [-0.3, -0.25) is 4.90 Å². The Bertz CT molecular complexity index is 778. The number of methoxy groups -OCH3 is 1. The van der Waals surface area contributed by atoms with Gasteiger partial charge in [-0.2, -0.15) is 0 Å². The average molecular weight is 363 g/mol. The third-order valence-corrected chi connectivity index (χ3v) is 6.98. The molecular weight excluding hydrogens is 332 g/mol. The molecule has 27 heavy (non-hydrogen) atoms. The van der Waals surface area contributed by atoms with Crippen LogP contribution in [0.4, 0.5) is 0 Å². The van der Waals surface area contributed by atoms with Crippen LogP contribution in [0.15, 0.2) is 48.5 Å². The van der Waals surface area contributed by atoms with Gasteiger partial charge in [-0.15, -0.1) is 0 Å². The molecule has 1 N–H and O–H groups in total. The van der Waals surface area contributed by atoms with Crippen molar-refractivity contribution in [2.24, 2.45) is 17.8 Å². The van der Waals surface area contributed by atoms with E-state index in [1.54, 1.807) is 7.11 Å². The first kappa shape index (κ1) is 17.3. The number of hydrogen-bond donors (Lipinski definition) is 1. The van der Waals surface area contributed by atoms with Gasteiger partial charge in [-0.25, -0.2) is 0 Å². The minimum atomic E-state index is 0.631. The summed E-state index contributed by atoms with van der Waals surface area (Å²) in [6.45, 7) is 4.90. The minimum Gasteiger partial charge on any atom is -0.497 e. The lowest BCUT2D eigenvalue weighted by Crippen LogP contribution is -2.37. The molecule has 142 valence electrons. The molecule has 3 heteroatoms. The van der Waals surface area contributed by atoms with Crippen molar-refractivity contribution in [3.8, 4) is 5.75 Å². The molecule has 0 amide bonds. The zero-order chi connectivity index (χ0) is 18.2. The molecule has 4 atom stereocenters. The van der Waals surface area contributed by atoms with Crippen LogP contribution in [0.5, 0.6) is 5.75 Å². The number of piperidine rings is 1. The van der Waals surface area contributed by atoms with E-state index in [9.17, 15) is 0 Å². The van der Waals surface area contributed by atoms with Crippen LogP contribution < -0.4 is 10.1 Å². The molecule has 2 unspecified atom stereocenters. The number of benzene rings is 2. The molecule has 0 spiro atoms. The number of hydrogen-bond acceptors (Lipinski definition) is 3. The first-order valence-corrected chi connectivity index (χ1v) is 10.5. The van der Waals surface area contributed by atoms with Crippen LogP contribution in [0, 0.1) is 17.8 Å². The molecule has 5 rings (SSSR count). The highest BCUT2D eigenvalue weighted by molar-refractivity contribution is 5.38. The summed E-state index contributed by atoms with van der Waals surface area (Å²) < 4.78 is 5.40. The van der Waals surface area contributed by atoms with Crippen LogP contribution in [0.1, 0.15) is 23.1 Å². The van der Waals surface area contributed by atoms with Crippen molar-refractivity contribution < 1.29 is 4.74 Å². The van der Waals surface area contributed by atoms with Crippen molar-refractivity contribution in [1.29, 1.82) is 0 Å². The van der Waals surface area contributed by atoms with E-state index in [-0.39, 0.29) is 0 Å². The Morgan fingerprint density at radius 3 is 2.63 bits per heavy atom. The molecule has 1 saturated carbocycles. The van der Waals surface area contributed by atoms with Crippen molar-refractivity contribution >= 4 is 0 Å². The first-order chi connectivity index (χ1) is 13.3. The molecular formula is C24H30N2O. The summed E-state index contributed by atoms with van der Waals surface area (Å²) in [7, 11) is 1.76. The molecule has 1 aliphatic heterocycles. The Morgan fingerprint density at radius 2 is 1.85 bits per heavy atom. The number of nitrogens with one attached hydrogen (secondary N) is 1. The largest absolute Gasteiger partial charge is 0.497 e. The van der Waals surface area contributed by atoms with Crippen molar-refractivity contribution in [2.45, 2.75) is 31.8 Å². The van der Waals surface area contributed by atoms with E-state index in [2.05, 4.69) is 58.7 Å². The molecule has 0 bridgehead atoms. The molecule has 2 aliphatic carbocycles. The fourth-order valence-corrected chi connectivity index (χ4v) is 5.35. The fraction of sp³-hybridized carbons (Fsp3) is 0.500. The lowest BCUT2D eigenvalue weighted by molar-refractivity contribution is 0.272. The quantitative estimate of drug-likeness (QED) is 0.851. The van der Waals surface area contributed by atoms with E-state index in [0.29, 0.717) is 6.04 Å². The highest BCUT2D eigenvalue weighted by Crippen LogP contribution is 2.51. The summed E-state index contributed by atoms with van der Waals surface area (Å²) in [5.74, 6) is 3.75. The molecule has 2 aromatic rings. The molecule has 3 aliphatic rings. The van der Waals surface area contributed by atoms with E-state index in [4.69, 9.17) is 4.74 Å². The Kier molecular flexibility index (Phi) is 4.66. The highest BCUT2D eigenvalue weighted by Gasteiger charge is 2.54. The Labute approximate surface area is 162 Å². The summed E-state index contributed by atoms with van der Waals surface area (Å²) in [6, 6.07) is 18.1. The average Bonchev–Trinajstić information content (AvgIpc) is 3.17. The molecule has 3 nitrogen and oxygen atoms in total. The van der Waals surface area contributed by atoms with Gasteiger partial charge in [0.2, 0.25) is 0 Å². The second-order valence-corrected chi connectivity index (χ2v) is 8.65. The smallest absolute Gasteiger partial charge is 0.119 e. The Hall–Kier alpha value is -1.84. The summed E-state index contributed by atoms with van der Waals surface area (Å²) in [5, 5.41) is 3.90. The van der Waals surface area contributed by atoms with Crippen LogP contribution in [-0.2, 0) is 19.4 Å². The van der Waals surface area contributed by atoms with E-state index in [1.165, 1.54) is 49.2 Å². The molecule has 2 aromatic carbocycles. The molecule has 2 fully saturated rings. The third kappa shape index (κ3) is 3.63. The minimum absolute atomic E-state index is 0.631. The van der Waals surface area contributed by atoms with Crippen LogP contribution in [0.2, 0.25) is 0 Å². The number of rotatable bonds is 6. The third-order valence-electron chi connectivity index (χ3n) is 6.98. The molecule has 0 radical (unpaired) electrons. The predicted molar refractivity (Wildman–Crippen MR) is 109 cm³/mol. The number of fused-ring (bicyclic) bond motifs is 2.